The maximum Gasteiger partial charge on any atom is 0.330 e. The van der Waals surface area contributed by atoms with Gasteiger partial charge in [0, 0.05) is 6.54 Å². The van der Waals surface area contributed by atoms with Gasteiger partial charge >= 0.3 is 11.1 Å². The first-order valence-electron chi connectivity index (χ1n) is 4.53. The second-order valence-electron chi connectivity index (χ2n) is 2.82. The van der Waals surface area contributed by atoms with Crippen LogP contribution in [0.15, 0.2) is 9.59 Å². The van der Waals surface area contributed by atoms with Crippen molar-refractivity contribution in [3.8, 4) is 0 Å². The second kappa shape index (κ2) is 5.33. The van der Waals surface area contributed by atoms with E-state index >= 15 is 0 Å². The Bertz CT molecular complexity index is 381. The normalized spacial score (nSPS) is 10.4. The van der Waals surface area contributed by atoms with E-state index in [-0.39, 0.29) is 0 Å². The molecule has 1 rings (SSSR count). The molecule has 0 saturated carbocycles. The van der Waals surface area contributed by atoms with Gasteiger partial charge in [0.1, 0.15) is 0 Å². The third-order valence-corrected chi connectivity index (χ3v) is 1.75. The molecule has 1 aromatic heterocycles. The lowest BCUT2D eigenvalue weighted by molar-refractivity contribution is 0.558. The van der Waals surface area contributed by atoms with Crippen LogP contribution >= 0.6 is 0 Å². The molecule has 0 aliphatic rings. The Hall–Kier alpha value is -1.43. The summed E-state index contributed by atoms with van der Waals surface area (Å²) >= 11 is 0. The van der Waals surface area contributed by atoms with E-state index in [2.05, 4.69) is 16.7 Å². The highest BCUT2D eigenvalue weighted by Gasteiger charge is 1.99. The Morgan fingerprint density at radius 1 is 1.57 bits per heavy atom. The minimum atomic E-state index is -0.702. The van der Waals surface area contributed by atoms with Gasteiger partial charge in [-0.05, 0) is 19.5 Å². The third-order valence-electron chi connectivity index (χ3n) is 1.75. The molecule has 1 heterocycles. The van der Waals surface area contributed by atoms with Crippen molar-refractivity contribution in [2.45, 2.75) is 19.9 Å². The summed E-state index contributed by atoms with van der Waals surface area (Å²) in [5, 5.41) is 8.57. The van der Waals surface area contributed by atoms with Crippen LogP contribution in [0.25, 0.3) is 0 Å². The van der Waals surface area contributed by atoms with E-state index < -0.39 is 11.1 Å². The third kappa shape index (κ3) is 2.81. The lowest BCUT2D eigenvalue weighted by atomic mass is 10.4. The Labute approximate surface area is 81.0 Å². The average Bonchev–Trinajstić information content (AvgIpc) is 2.19. The highest BCUT2D eigenvalue weighted by molar-refractivity contribution is 4.73. The van der Waals surface area contributed by atoms with E-state index in [0.29, 0.717) is 6.54 Å². The lowest BCUT2D eigenvalue weighted by Gasteiger charge is -2.02. The predicted molar refractivity (Wildman–Crippen MR) is 51.1 cm³/mol. The molecule has 77 valence electrons. The van der Waals surface area contributed by atoms with E-state index in [9.17, 15) is 9.59 Å². The molecule has 1 aromatic rings. The van der Waals surface area contributed by atoms with E-state index in [1.54, 1.807) is 0 Å². The topological polar surface area (TPSA) is 79.8 Å². The molecule has 0 aliphatic carbocycles. The van der Waals surface area contributed by atoms with Crippen LogP contribution in [0, 0.1) is 6.33 Å². The Balaban J connectivity index is 2.55. The lowest BCUT2D eigenvalue weighted by Crippen LogP contribution is -2.37. The zero-order valence-corrected chi connectivity index (χ0v) is 8.04. The molecule has 0 amide bonds. The van der Waals surface area contributed by atoms with Crippen LogP contribution in [0.4, 0.5) is 0 Å². The van der Waals surface area contributed by atoms with Gasteiger partial charge in [-0.25, -0.2) is 5.10 Å². The van der Waals surface area contributed by atoms with Crippen molar-refractivity contribution < 1.29 is 0 Å². The first-order valence-corrected chi connectivity index (χ1v) is 4.53. The highest BCUT2D eigenvalue weighted by atomic mass is 16.2. The molecule has 0 aromatic carbocycles. The summed E-state index contributed by atoms with van der Waals surface area (Å²) in [5.41, 5.74) is -1.30. The van der Waals surface area contributed by atoms with Crippen molar-refractivity contribution in [3.63, 3.8) is 0 Å². The molecule has 0 unspecified atom stereocenters. The second-order valence-corrected chi connectivity index (χ2v) is 2.82. The number of H-pyrrole nitrogens is 1. The number of nitrogens with zero attached hydrogens (tertiary/aromatic N) is 2. The van der Waals surface area contributed by atoms with Gasteiger partial charge in [-0.1, -0.05) is 6.92 Å². The fraction of sp³-hybridized carbons (Fsp3) is 0.625. The summed E-state index contributed by atoms with van der Waals surface area (Å²) in [4.78, 5) is 22.0. The van der Waals surface area contributed by atoms with Crippen molar-refractivity contribution in [2.24, 2.45) is 0 Å². The van der Waals surface area contributed by atoms with E-state index in [1.165, 1.54) is 4.57 Å². The zero-order chi connectivity index (χ0) is 10.4. The molecule has 0 fully saturated rings. The molecule has 2 N–H and O–H groups in total. The van der Waals surface area contributed by atoms with Crippen LogP contribution in [-0.2, 0) is 6.54 Å². The van der Waals surface area contributed by atoms with Crippen LogP contribution in [-0.4, -0.2) is 27.9 Å². The first-order chi connectivity index (χ1) is 6.75. The molecule has 6 nitrogen and oxygen atoms in total. The van der Waals surface area contributed by atoms with Gasteiger partial charge in [-0.15, -0.1) is 0 Å². The monoisotopic (exact) mass is 197 g/mol. The molecule has 6 heteroatoms. The van der Waals surface area contributed by atoms with Crippen LogP contribution in [0.3, 0.4) is 0 Å². The Morgan fingerprint density at radius 3 is 3.07 bits per heavy atom. The Kier molecular flexibility index (Phi) is 4.06. The summed E-state index contributed by atoms with van der Waals surface area (Å²) in [5.74, 6) is 0. The summed E-state index contributed by atoms with van der Waals surface area (Å²) in [6.07, 6.45) is 3.20. The summed E-state index contributed by atoms with van der Waals surface area (Å²) in [7, 11) is 0. The zero-order valence-electron chi connectivity index (χ0n) is 8.04. The first kappa shape index (κ1) is 10.6. The Morgan fingerprint density at radius 2 is 2.36 bits per heavy atom. The van der Waals surface area contributed by atoms with Gasteiger partial charge in [-0.2, -0.15) is 5.10 Å². The number of rotatable bonds is 5. The van der Waals surface area contributed by atoms with Crippen LogP contribution in [0.2, 0.25) is 0 Å². The van der Waals surface area contributed by atoms with E-state index in [4.69, 9.17) is 0 Å². The van der Waals surface area contributed by atoms with Crippen molar-refractivity contribution >= 4 is 0 Å². The number of hydrogen-bond donors (Lipinski definition) is 2. The van der Waals surface area contributed by atoms with Crippen LogP contribution < -0.4 is 16.4 Å². The number of aromatic amines is 1. The molecule has 1 radical (unpaired) electrons. The fourth-order valence-corrected chi connectivity index (χ4v) is 1.04. The molecular weight excluding hydrogens is 184 g/mol. The SMILES string of the molecule is CCNCCCn1[c]n[nH]c(=O)c1=O. The summed E-state index contributed by atoms with van der Waals surface area (Å²) < 4.78 is 1.19. The van der Waals surface area contributed by atoms with Gasteiger partial charge in [0.15, 0.2) is 0 Å². The summed E-state index contributed by atoms with van der Waals surface area (Å²) in [6, 6.07) is 0. The molecular formula is C8H13N4O2. The summed E-state index contributed by atoms with van der Waals surface area (Å²) in [6.45, 7) is 4.17. The number of aryl methyl sites for hydroxylation is 1. The number of nitrogens with one attached hydrogen (secondary N) is 2. The molecule has 0 bridgehead atoms. The maximum absolute atomic E-state index is 11.2. The van der Waals surface area contributed by atoms with Crippen molar-refractivity contribution in [1.82, 2.24) is 20.1 Å². The van der Waals surface area contributed by atoms with Crippen molar-refractivity contribution in [1.29, 1.82) is 0 Å². The number of aromatic nitrogens is 3. The molecule has 0 spiro atoms. The van der Waals surface area contributed by atoms with E-state index in [0.717, 1.165) is 19.5 Å². The largest absolute Gasteiger partial charge is 0.330 e. The fourth-order valence-electron chi connectivity index (χ4n) is 1.04. The smallest absolute Gasteiger partial charge is 0.317 e. The minimum absolute atomic E-state index is 0.461. The molecule has 14 heavy (non-hydrogen) atoms. The van der Waals surface area contributed by atoms with Crippen molar-refractivity contribution in [2.75, 3.05) is 13.1 Å². The van der Waals surface area contributed by atoms with Crippen LogP contribution in [0.1, 0.15) is 13.3 Å². The maximum atomic E-state index is 11.2. The number of hydrogen-bond acceptors (Lipinski definition) is 4. The standard InChI is InChI=1S/C8H13N4O2/c1-2-9-4-3-5-12-6-10-11-7(13)8(12)14/h9H,2-5H2,1H3,(H,11,13). The van der Waals surface area contributed by atoms with E-state index in [1.807, 2.05) is 12.0 Å². The van der Waals surface area contributed by atoms with Crippen molar-refractivity contribution in [3.05, 3.63) is 27.0 Å². The van der Waals surface area contributed by atoms with Gasteiger partial charge in [0.05, 0.1) is 0 Å². The van der Waals surface area contributed by atoms with Crippen LogP contribution in [0.5, 0.6) is 0 Å². The highest BCUT2D eigenvalue weighted by Crippen LogP contribution is 1.80. The van der Waals surface area contributed by atoms with Gasteiger partial charge in [-0.3, -0.25) is 14.2 Å². The quantitative estimate of drug-likeness (QED) is 0.455. The predicted octanol–water partition coefficient (Wildman–Crippen LogP) is -1.27. The van der Waals surface area contributed by atoms with Gasteiger partial charge in [0.25, 0.3) is 0 Å². The van der Waals surface area contributed by atoms with Gasteiger partial charge < -0.3 is 5.32 Å². The molecule has 0 aliphatic heterocycles. The van der Waals surface area contributed by atoms with Gasteiger partial charge in [0.2, 0.25) is 6.33 Å². The molecule has 0 atom stereocenters. The average molecular weight is 197 g/mol. The minimum Gasteiger partial charge on any atom is -0.317 e. The molecule has 0 saturated heterocycles.